The summed E-state index contributed by atoms with van der Waals surface area (Å²) in [6.45, 7) is 3.29. The molecule has 10 heteroatoms. The number of hydrogen-bond acceptors (Lipinski definition) is 5. The molecule has 5 nitrogen and oxygen atoms in total. The number of thiocarbonyl (C=S) groups is 1. The molecule has 2 N–H and O–H groups in total. The Morgan fingerprint density at radius 1 is 1.21 bits per heavy atom. The summed E-state index contributed by atoms with van der Waals surface area (Å²) in [6, 6.07) is 4.96. The maximum absolute atomic E-state index is 15.7. The second kappa shape index (κ2) is 7.92. The van der Waals surface area contributed by atoms with E-state index < -0.39 is 40.3 Å². The largest absolute Gasteiger partial charge is 0.374 e. The number of halogens is 4. The minimum Gasteiger partial charge on any atom is -0.374 e. The Bertz CT molecular complexity index is 1180. The predicted molar refractivity (Wildman–Crippen MR) is 118 cm³/mol. The van der Waals surface area contributed by atoms with Crippen LogP contribution in [0.2, 0.25) is 0 Å². The molecule has 2 heterocycles. The van der Waals surface area contributed by atoms with E-state index in [1.54, 1.807) is 6.07 Å². The number of nitriles is 1. The summed E-state index contributed by atoms with van der Waals surface area (Å²) < 4.78 is 66.4. The Balaban J connectivity index is 1.76. The SMILES string of the molecule is CC1(C)OCC(=S)N[C@](C)(c2cc(NC3CCc4cc(C#N)cnc43)c(F)cc2F)C1(F)F. The van der Waals surface area contributed by atoms with Gasteiger partial charge in [-0.05, 0) is 51.3 Å². The number of ether oxygens (including phenoxy) is 1. The van der Waals surface area contributed by atoms with Crippen molar-refractivity contribution in [1.82, 2.24) is 10.3 Å². The van der Waals surface area contributed by atoms with Gasteiger partial charge in [-0.3, -0.25) is 4.98 Å². The first-order valence-corrected chi connectivity index (χ1v) is 10.8. The number of nitrogens with one attached hydrogen (secondary N) is 2. The lowest BCUT2D eigenvalue weighted by atomic mass is 9.77. The molecule has 1 aliphatic carbocycles. The van der Waals surface area contributed by atoms with Gasteiger partial charge in [-0.25, -0.2) is 17.6 Å². The van der Waals surface area contributed by atoms with Gasteiger partial charge in [-0.15, -0.1) is 0 Å². The van der Waals surface area contributed by atoms with Gasteiger partial charge in [0, 0.05) is 17.8 Å². The Hall–Kier alpha value is -2.77. The van der Waals surface area contributed by atoms with Crippen molar-refractivity contribution in [3.63, 3.8) is 0 Å². The van der Waals surface area contributed by atoms with Gasteiger partial charge in [0.15, 0.2) is 0 Å². The van der Waals surface area contributed by atoms with Crippen LogP contribution in [0.5, 0.6) is 0 Å². The van der Waals surface area contributed by atoms with E-state index in [9.17, 15) is 8.78 Å². The van der Waals surface area contributed by atoms with Crippen LogP contribution in [-0.2, 0) is 16.7 Å². The minimum atomic E-state index is -3.62. The smallest absolute Gasteiger partial charge is 0.302 e. The standard InChI is InChI=1S/C23H22F4N4OS/c1-21(2)23(26,27)22(3,31-19(33)11-32-21)14-7-18(16(25)8-15(14)24)30-17-5-4-13-6-12(9-28)10-29-20(13)17/h6-8,10,17,30H,4-5,11H2,1-3H3,(H,31,33)/t17?,22-/m1/s1. The van der Waals surface area contributed by atoms with E-state index in [0.29, 0.717) is 30.2 Å². The lowest BCUT2D eigenvalue weighted by molar-refractivity contribution is -0.216. The third kappa shape index (κ3) is 3.73. The summed E-state index contributed by atoms with van der Waals surface area (Å²) in [5, 5.41) is 14.6. The maximum atomic E-state index is 15.7. The number of benzene rings is 1. The molecule has 0 bridgehead atoms. The molecule has 1 fully saturated rings. The molecule has 0 radical (unpaired) electrons. The van der Waals surface area contributed by atoms with Crippen molar-refractivity contribution in [2.24, 2.45) is 0 Å². The summed E-state index contributed by atoms with van der Waals surface area (Å²) >= 11 is 5.12. The predicted octanol–water partition coefficient (Wildman–Crippen LogP) is 4.91. The molecular weight excluding hydrogens is 456 g/mol. The number of aromatic nitrogens is 1. The second-order valence-corrected chi connectivity index (χ2v) is 9.47. The Labute approximate surface area is 194 Å². The fourth-order valence-corrected chi connectivity index (χ4v) is 4.74. The molecule has 1 aromatic carbocycles. The summed E-state index contributed by atoms with van der Waals surface area (Å²) in [4.78, 5) is 4.29. The topological polar surface area (TPSA) is 70.0 Å². The summed E-state index contributed by atoms with van der Waals surface area (Å²) in [5.41, 5.74) is -2.95. The van der Waals surface area contributed by atoms with Crippen LogP contribution in [-0.4, -0.2) is 28.1 Å². The monoisotopic (exact) mass is 478 g/mol. The van der Waals surface area contributed by atoms with Crippen LogP contribution in [0, 0.1) is 23.0 Å². The van der Waals surface area contributed by atoms with Crippen LogP contribution in [0.15, 0.2) is 24.4 Å². The molecule has 1 aliphatic heterocycles. The van der Waals surface area contributed by atoms with Crippen molar-refractivity contribution in [3.05, 3.63) is 58.4 Å². The molecule has 1 saturated heterocycles. The minimum absolute atomic E-state index is 0.0109. The fraction of sp³-hybridized carbons (Fsp3) is 0.435. The van der Waals surface area contributed by atoms with E-state index in [-0.39, 0.29) is 17.3 Å². The third-order valence-electron chi connectivity index (χ3n) is 6.43. The zero-order chi connectivity index (χ0) is 24.2. The lowest BCUT2D eigenvalue weighted by Crippen LogP contribution is -2.62. The highest BCUT2D eigenvalue weighted by molar-refractivity contribution is 7.80. The van der Waals surface area contributed by atoms with Crippen molar-refractivity contribution in [1.29, 1.82) is 5.26 Å². The number of rotatable bonds is 3. The zero-order valence-corrected chi connectivity index (χ0v) is 19.0. The Morgan fingerprint density at radius 3 is 2.64 bits per heavy atom. The van der Waals surface area contributed by atoms with Crippen LogP contribution in [0.25, 0.3) is 0 Å². The van der Waals surface area contributed by atoms with Gasteiger partial charge in [-0.1, -0.05) is 12.2 Å². The van der Waals surface area contributed by atoms with Crippen molar-refractivity contribution >= 4 is 22.9 Å². The number of hydrogen-bond donors (Lipinski definition) is 2. The summed E-state index contributed by atoms with van der Waals surface area (Å²) in [5.74, 6) is -5.67. The highest BCUT2D eigenvalue weighted by Crippen LogP contribution is 2.49. The molecule has 1 unspecified atom stereocenters. The fourth-order valence-electron chi connectivity index (χ4n) is 4.47. The average Bonchev–Trinajstić information content (AvgIpc) is 3.13. The first-order chi connectivity index (χ1) is 15.4. The number of fused-ring (bicyclic) bond motifs is 1. The molecule has 0 saturated carbocycles. The van der Waals surface area contributed by atoms with Crippen molar-refractivity contribution in [3.8, 4) is 6.07 Å². The second-order valence-electron chi connectivity index (χ2n) is 8.97. The molecule has 4 rings (SSSR count). The van der Waals surface area contributed by atoms with Gasteiger partial charge < -0.3 is 15.4 Å². The van der Waals surface area contributed by atoms with Gasteiger partial charge in [-0.2, -0.15) is 5.26 Å². The molecule has 1 aromatic heterocycles. The number of pyridine rings is 1. The van der Waals surface area contributed by atoms with E-state index in [1.807, 2.05) is 6.07 Å². The Morgan fingerprint density at radius 2 is 1.94 bits per heavy atom. The van der Waals surface area contributed by atoms with E-state index in [4.69, 9.17) is 22.2 Å². The molecule has 0 spiro atoms. The lowest BCUT2D eigenvalue weighted by Gasteiger charge is -2.44. The van der Waals surface area contributed by atoms with E-state index >= 15 is 8.78 Å². The van der Waals surface area contributed by atoms with Crippen LogP contribution in [0.3, 0.4) is 0 Å². The van der Waals surface area contributed by atoms with Gasteiger partial charge in [0.25, 0.3) is 0 Å². The van der Waals surface area contributed by atoms with E-state index in [2.05, 4.69) is 15.6 Å². The quantitative estimate of drug-likeness (QED) is 0.483. The third-order valence-corrected chi connectivity index (χ3v) is 6.65. The molecular formula is C23H22F4N4OS. The first-order valence-electron chi connectivity index (χ1n) is 10.4. The maximum Gasteiger partial charge on any atom is 0.302 e. The number of anilines is 1. The van der Waals surface area contributed by atoms with Crippen LogP contribution < -0.4 is 10.6 Å². The zero-order valence-electron chi connectivity index (χ0n) is 18.2. The highest BCUT2D eigenvalue weighted by Gasteiger charge is 2.64. The molecule has 33 heavy (non-hydrogen) atoms. The normalized spacial score (nSPS) is 25.5. The van der Waals surface area contributed by atoms with Gasteiger partial charge in [0.05, 0.1) is 29.6 Å². The summed E-state index contributed by atoms with van der Waals surface area (Å²) in [6.07, 6.45) is 2.59. The van der Waals surface area contributed by atoms with Crippen LogP contribution in [0.1, 0.15) is 55.6 Å². The van der Waals surface area contributed by atoms with Gasteiger partial charge in [0.2, 0.25) is 0 Å². The molecule has 2 atom stereocenters. The van der Waals surface area contributed by atoms with Crippen molar-refractivity contribution in [2.75, 3.05) is 11.9 Å². The van der Waals surface area contributed by atoms with E-state index in [1.165, 1.54) is 20.0 Å². The number of nitrogens with zero attached hydrogens (tertiary/aromatic N) is 2. The number of alkyl halides is 2. The van der Waals surface area contributed by atoms with Gasteiger partial charge in [0.1, 0.15) is 33.8 Å². The highest BCUT2D eigenvalue weighted by atomic mass is 32.1. The average molecular weight is 479 g/mol. The van der Waals surface area contributed by atoms with Crippen molar-refractivity contribution < 1.29 is 22.3 Å². The van der Waals surface area contributed by atoms with Crippen LogP contribution >= 0.6 is 12.2 Å². The van der Waals surface area contributed by atoms with Crippen molar-refractivity contribution in [2.45, 2.75) is 56.7 Å². The molecule has 0 amide bonds. The molecule has 2 aliphatic rings. The van der Waals surface area contributed by atoms with Crippen LogP contribution in [0.4, 0.5) is 23.2 Å². The molecule has 2 aromatic rings. The number of aryl methyl sites for hydroxylation is 1. The summed E-state index contributed by atoms with van der Waals surface area (Å²) in [7, 11) is 0. The van der Waals surface area contributed by atoms with Gasteiger partial charge >= 0.3 is 5.92 Å². The molecule has 174 valence electrons. The van der Waals surface area contributed by atoms with E-state index in [0.717, 1.165) is 18.6 Å². The first kappa shape index (κ1) is 23.4. The Kier molecular flexibility index (Phi) is 5.61.